The highest BCUT2D eigenvalue weighted by molar-refractivity contribution is 5.84. The zero-order valence-corrected chi connectivity index (χ0v) is 15.2. The van der Waals surface area contributed by atoms with Gasteiger partial charge in [-0.2, -0.15) is 13.2 Å². The predicted octanol–water partition coefficient (Wildman–Crippen LogP) is 4.82. The fourth-order valence-corrected chi connectivity index (χ4v) is 3.81. The van der Waals surface area contributed by atoms with E-state index in [4.69, 9.17) is 0 Å². The molecule has 0 unspecified atom stereocenters. The standard InChI is InChI=1S/C21H22F3N3/c1-15-19(18-7-2-3-8-20(18)25-15)14-26-9-11-27(12-10-26)17-6-4-5-16(13-17)21(22,23)24/h2-8,13,25H,9-12,14H2,1H3. The maximum atomic E-state index is 12.9. The smallest absolute Gasteiger partial charge is 0.369 e. The average Bonchev–Trinajstić information content (AvgIpc) is 2.97. The number of aromatic amines is 1. The summed E-state index contributed by atoms with van der Waals surface area (Å²) in [6.45, 7) is 6.05. The molecular formula is C21H22F3N3. The summed E-state index contributed by atoms with van der Waals surface area (Å²) >= 11 is 0. The Bertz CT molecular complexity index is 937. The number of rotatable bonds is 3. The molecule has 0 spiro atoms. The molecule has 0 bridgehead atoms. The van der Waals surface area contributed by atoms with Crippen molar-refractivity contribution in [3.63, 3.8) is 0 Å². The maximum Gasteiger partial charge on any atom is 0.416 e. The van der Waals surface area contributed by atoms with Crippen LogP contribution in [-0.2, 0) is 12.7 Å². The second-order valence-corrected chi connectivity index (χ2v) is 7.09. The molecule has 0 aliphatic carbocycles. The Morgan fingerprint density at radius 2 is 1.70 bits per heavy atom. The van der Waals surface area contributed by atoms with E-state index in [1.807, 2.05) is 17.0 Å². The van der Waals surface area contributed by atoms with Crippen molar-refractivity contribution in [1.29, 1.82) is 0 Å². The zero-order chi connectivity index (χ0) is 19.0. The van der Waals surface area contributed by atoms with E-state index in [0.717, 1.165) is 44.3 Å². The molecule has 4 rings (SSSR count). The van der Waals surface area contributed by atoms with E-state index in [1.165, 1.54) is 28.8 Å². The zero-order valence-electron chi connectivity index (χ0n) is 15.2. The number of halogens is 3. The lowest BCUT2D eigenvalue weighted by Gasteiger charge is -2.36. The molecule has 3 aromatic rings. The van der Waals surface area contributed by atoms with Gasteiger partial charge in [-0.15, -0.1) is 0 Å². The first-order valence-electron chi connectivity index (χ1n) is 9.12. The van der Waals surface area contributed by atoms with E-state index in [2.05, 4.69) is 28.9 Å². The third-order valence-corrected chi connectivity index (χ3v) is 5.32. The summed E-state index contributed by atoms with van der Waals surface area (Å²) in [6.07, 6.45) is -4.30. The van der Waals surface area contributed by atoms with Crippen LogP contribution in [0.15, 0.2) is 48.5 Å². The van der Waals surface area contributed by atoms with Gasteiger partial charge in [-0.3, -0.25) is 4.90 Å². The number of H-pyrrole nitrogens is 1. The molecule has 2 heterocycles. The number of hydrogen-bond donors (Lipinski definition) is 1. The molecule has 1 aliphatic heterocycles. The number of aryl methyl sites for hydroxylation is 1. The summed E-state index contributed by atoms with van der Waals surface area (Å²) in [5, 5.41) is 1.25. The van der Waals surface area contributed by atoms with Crippen LogP contribution < -0.4 is 4.90 Å². The topological polar surface area (TPSA) is 22.3 Å². The van der Waals surface area contributed by atoms with Crippen LogP contribution in [0.4, 0.5) is 18.9 Å². The van der Waals surface area contributed by atoms with Crippen LogP contribution >= 0.6 is 0 Å². The third-order valence-electron chi connectivity index (χ3n) is 5.32. The first-order valence-corrected chi connectivity index (χ1v) is 9.12. The van der Waals surface area contributed by atoms with E-state index < -0.39 is 11.7 Å². The third kappa shape index (κ3) is 3.67. The number of nitrogens with zero attached hydrogens (tertiary/aromatic N) is 2. The molecule has 1 N–H and O–H groups in total. The summed E-state index contributed by atoms with van der Waals surface area (Å²) in [6, 6.07) is 13.9. The Labute approximate surface area is 156 Å². The molecule has 3 nitrogen and oxygen atoms in total. The maximum absolute atomic E-state index is 12.9. The normalized spacial score (nSPS) is 16.2. The Morgan fingerprint density at radius 3 is 2.44 bits per heavy atom. The van der Waals surface area contributed by atoms with Gasteiger partial charge in [0, 0.05) is 55.0 Å². The van der Waals surface area contributed by atoms with Crippen molar-refractivity contribution in [3.05, 3.63) is 65.4 Å². The van der Waals surface area contributed by atoms with Crippen LogP contribution in [0, 0.1) is 6.92 Å². The molecule has 0 radical (unpaired) electrons. The molecule has 1 aromatic heterocycles. The fourth-order valence-electron chi connectivity index (χ4n) is 3.81. The molecule has 1 fully saturated rings. The first kappa shape index (κ1) is 17.9. The monoisotopic (exact) mass is 373 g/mol. The summed E-state index contributed by atoms with van der Waals surface area (Å²) < 4.78 is 38.8. The number of aromatic nitrogens is 1. The van der Waals surface area contributed by atoms with Gasteiger partial charge in [0.2, 0.25) is 0 Å². The van der Waals surface area contributed by atoms with Crippen molar-refractivity contribution in [1.82, 2.24) is 9.88 Å². The number of piperazine rings is 1. The van der Waals surface area contributed by atoms with Gasteiger partial charge < -0.3 is 9.88 Å². The lowest BCUT2D eigenvalue weighted by molar-refractivity contribution is -0.137. The van der Waals surface area contributed by atoms with Crippen molar-refractivity contribution < 1.29 is 13.2 Å². The number of para-hydroxylation sites is 1. The highest BCUT2D eigenvalue weighted by atomic mass is 19.4. The minimum absolute atomic E-state index is 0.586. The molecule has 0 saturated carbocycles. The second kappa shape index (κ2) is 6.93. The van der Waals surface area contributed by atoms with Gasteiger partial charge in [-0.1, -0.05) is 24.3 Å². The Morgan fingerprint density at radius 1 is 0.963 bits per heavy atom. The van der Waals surface area contributed by atoms with E-state index in [1.54, 1.807) is 6.07 Å². The number of anilines is 1. The van der Waals surface area contributed by atoms with Crippen molar-refractivity contribution in [2.75, 3.05) is 31.1 Å². The summed E-state index contributed by atoms with van der Waals surface area (Å²) in [4.78, 5) is 7.83. The lowest BCUT2D eigenvalue weighted by atomic mass is 10.1. The summed E-state index contributed by atoms with van der Waals surface area (Å²) in [7, 11) is 0. The first-order chi connectivity index (χ1) is 12.9. The van der Waals surface area contributed by atoms with E-state index >= 15 is 0 Å². The van der Waals surface area contributed by atoms with Crippen molar-refractivity contribution in [2.24, 2.45) is 0 Å². The quantitative estimate of drug-likeness (QED) is 0.711. The Balaban J connectivity index is 1.44. The summed E-state index contributed by atoms with van der Waals surface area (Å²) in [5.74, 6) is 0. The molecule has 2 aromatic carbocycles. The number of hydrogen-bond acceptors (Lipinski definition) is 2. The van der Waals surface area contributed by atoms with Crippen LogP contribution in [0.3, 0.4) is 0 Å². The number of alkyl halides is 3. The molecular weight excluding hydrogens is 351 g/mol. The van der Waals surface area contributed by atoms with Gasteiger partial charge in [-0.05, 0) is 36.8 Å². The van der Waals surface area contributed by atoms with Crippen molar-refractivity contribution >= 4 is 16.6 Å². The SMILES string of the molecule is Cc1[nH]c2ccccc2c1CN1CCN(c2cccc(C(F)(F)F)c2)CC1. The minimum atomic E-state index is -4.30. The highest BCUT2D eigenvalue weighted by Gasteiger charge is 2.31. The second-order valence-electron chi connectivity index (χ2n) is 7.09. The average molecular weight is 373 g/mol. The van der Waals surface area contributed by atoms with E-state index in [-0.39, 0.29) is 0 Å². The van der Waals surface area contributed by atoms with Gasteiger partial charge in [0.1, 0.15) is 0 Å². The molecule has 0 amide bonds. The molecule has 27 heavy (non-hydrogen) atoms. The molecule has 1 saturated heterocycles. The van der Waals surface area contributed by atoms with Gasteiger partial charge >= 0.3 is 6.18 Å². The van der Waals surface area contributed by atoms with Gasteiger partial charge in [0.05, 0.1) is 5.56 Å². The van der Waals surface area contributed by atoms with Gasteiger partial charge in [0.15, 0.2) is 0 Å². The Kier molecular flexibility index (Phi) is 4.60. The molecule has 0 atom stereocenters. The Hall–Kier alpha value is -2.47. The van der Waals surface area contributed by atoms with Crippen molar-refractivity contribution in [2.45, 2.75) is 19.6 Å². The number of nitrogens with one attached hydrogen (secondary N) is 1. The van der Waals surface area contributed by atoms with Crippen molar-refractivity contribution in [3.8, 4) is 0 Å². The summed E-state index contributed by atoms with van der Waals surface area (Å²) in [5.41, 5.74) is 3.69. The van der Waals surface area contributed by atoms with Crippen LogP contribution in [0.2, 0.25) is 0 Å². The molecule has 6 heteroatoms. The van der Waals surface area contributed by atoms with Crippen LogP contribution in [0.25, 0.3) is 10.9 Å². The number of fused-ring (bicyclic) bond motifs is 1. The van der Waals surface area contributed by atoms with Crippen LogP contribution in [-0.4, -0.2) is 36.1 Å². The predicted molar refractivity (Wildman–Crippen MR) is 102 cm³/mol. The lowest BCUT2D eigenvalue weighted by Crippen LogP contribution is -2.46. The fraction of sp³-hybridized carbons (Fsp3) is 0.333. The molecule has 1 aliphatic rings. The van der Waals surface area contributed by atoms with Crippen LogP contribution in [0.5, 0.6) is 0 Å². The number of benzene rings is 2. The largest absolute Gasteiger partial charge is 0.416 e. The minimum Gasteiger partial charge on any atom is -0.369 e. The highest BCUT2D eigenvalue weighted by Crippen LogP contribution is 2.32. The molecule has 142 valence electrons. The van der Waals surface area contributed by atoms with E-state index in [0.29, 0.717) is 5.69 Å². The van der Waals surface area contributed by atoms with E-state index in [9.17, 15) is 13.2 Å². The van der Waals surface area contributed by atoms with Crippen LogP contribution in [0.1, 0.15) is 16.8 Å². The van der Waals surface area contributed by atoms with Gasteiger partial charge in [-0.25, -0.2) is 0 Å². The van der Waals surface area contributed by atoms with Gasteiger partial charge in [0.25, 0.3) is 0 Å².